The smallest absolute Gasteiger partial charge is 0.313 e. The van der Waals surface area contributed by atoms with Crippen molar-refractivity contribution in [3.8, 4) is 0 Å². The summed E-state index contributed by atoms with van der Waals surface area (Å²) >= 11 is 0. The molecule has 3 aliphatic rings. The van der Waals surface area contributed by atoms with Crippen LogP contribution in [0.2, 0.25) is 0 Å². The first kappa shape index (κ1) is 8.23. The summed E-state index contributed by atoms with van der Waals surface area (Å²) in [6.07, 6.45) is 1.19. The van der Waals surface area contributed by atoms with Gasteiger partial charge in [-0.1, -0.05) is 0 Å². The summed E-state index contributed by atoms with van der Waals surface area (Å²) in [7, 11) is 0. The fourth-order valence-electron chi connectivity index (χ4n) is 2.97. The molecule has 76 valence electrons. The molecule has 0 radical (unpaired) electrons. The molecule has 3 heterocycles. The molecule has 0 saturated carbocycles. The summed E-state index contributed by atoms with van der Waals surface area (Å²) in [5.74, 6) is -2.61. The van der Waals surface area contributed by atoms with Crippen molar-refractivity contribution in [3.63, 3.8) is 0 Å². The maximum atomic E-state index is 11.4. The molecule has 0 aromatic carbocycles. The van der Waals surface area contributed by atoms with E-state index in [0.29, 0.717) is 0 Å². The van der Waals surface area contributed by atoms with Crippen LogP contribution in [0.15, 0.2) is 0 Å². The maximum absolute atomic E-state index is 11.4. The Morgan fingerprint density at radius 3 is 3.07 bits per heavy atom. The van der Waals surface area contributed by atoms with Crippen molar-refractivity contribution in [1.29, 1.82) is 0 Å². The maximum Gasteiger partial charge on any atom is 0.313 e. The van der Waals surface area contributed by atoms with Gasteiger partial charge >= 0.3 is 11.9 Å². The van der Waals surface area contributed by atoms with Crippen LogP contribution in [0, 0.1) is 11.8 Å². The molecule has 1 N–H and O–H groups in total. The van der Waals surface area contributed by atoms with Gasteiger partial charge in [0.2, 0.25) is 0 Å². The molecule has 0 aromatic rings. The van der Waals surface area contributed by atoms with Gasteiger partial charge in [0, 0.05) is 0 Å². The summed E-state index contributed by atoms with van der Waals surface area (Å²) in [6.45, 7) is 0.233. The van der Waals surface area contributed by atoms with Crippen molar-refractivity contribution in [3.05, 3.63) is 0 Å². The van der Waals surface area contributed by atoms with E-state index in [2.05, 4.69) is 0 Å². The van der Waals surface area contributed by atoms with Crippen molar-refractivity contribution in [2.24, 2.45) is 11.8 Å². The quantitative estimate of drug-likeness (QED) is 0.590. The number of carbonyl (C=O) groups excluding carboxylic acids is 1. The zero-order valence-electron chi connectivity index (χ0n) is 7.43. The van der Waals surface area contributed by atoms with E-state index in [1.165, 1.54) is 0 Å². The Labute approximate surface area is 80.0 Å². The van der Waals surface area contributed by atoms with Gasteiger partial charge in [0.05, 0.1) is 12.0 Å². The van der Waals surface area contributed by atoms with Crippen LogP contribution >= 0.6 is 0 Å². The van der Waals surface area contributed by atoms with Crippen LogP contribution in [-0.4, -0.2) is 35.4 Å². The minimum Gasteiger partial charge on any atom is -0.481 e. The van der Waals surface area contributed by atoms with E-state index in [1.807, 2.05) is 0 Å². The fourth-order valence-corrected chi connectivity index (χ4v) is 2.97. The first-order valence-corrected chi connectivity index (χ1v) is 4.71. The molecule has 5 heteroatoms. The van der Waals surface area contributed by atoms with E-state index in [4.69, 9.17) is 14.6 Å². The molecule has 14 heavy (non-hydrogen) atoms. The zero-order chi connectivity index (χ0) is 9.92. The predicted molar refractivity (Wildman–Crippen MR) is 42.4 cm³/mol. The van der Waals surface area contributed by atoms with Gasteiger partial charge in [0.1, 0.15) is 18.1 Å². The Morgan fingerprint density at radius 1 is 1.57 bits per heavy atom. The second kappa shape index (κ2) is 2.28. The Kier molecular flexibility index (Phi) is 1.34. The molecule has 3 aliphatic heterocycles. The molecule has 3 fully saturated rings. The van der Waals surface area contributed by atoms with Gasteiger partial charge in [-0.05, 0) is 12.8 Å². The number of carboxylic acid groups (broad SMARTS) is 1. The summed E-state index contributed by atoms with van der Waals surface area (Å²) in [5.41, 5.74) is -0.606. The van der Waals surface area contributed by atoms with Gasteiger partial charge in [0.15, 0.2) is 0 Å². The minimum absolute atomic E-state index is 0.233. The summed E-state index contributed by atoms with van der Waals surface area (Å²) in [5, 5.41) is 9.01. The van der Waals surface area contributed by atoms with Gasteiger partial charge < -0.3 is 14.6 Å². The molecule has 5 nitrogen and oxygen atoms in total. The monoisotopic (exact) mass is 198 g/mol. The van der Waals surface area contributed by atoms with Gasteiger partial charge in [0.25, 0.3) is 0 Å². The van der Waals surface area contributed by atoms with E-state index in [-0.39, 0.29) is 12.7 Å². The fraction of sp³-hybridized carbons (Fsp3) is 0.778. The number of aliphatic carboxylic acids is 1. The highest BCUT2D eigenvalue weighted by molar-refractivity contribution is 5.85. The number of carbonyl (C=O) groups is 2. The normalized spacial score (nSPS) is 49.1. The van der Waals surface area contributed by atoms with E-state index in [1.54, 1.807) is 0 Å². The lowest BCUT2D eigenvalue weighted by atomic mass is 9.73. The number of ether oxygens (including phenoxy) is 2. The third kappa shape index (κ3) is 0.744. The molecule has 0 aromatic heterocycles. The second-order valence-electron chi connectivity index (χ2n) is 4.21. The van der Waals surface area contributed by atoms with Crippen molar-refractivity contribution in [1.82, 2.24) is 0 Å². The third-order valence-electron chi connectivity index (χ3n) is 3.56. The lowest BCUT2D eigenvalue weighted by Crippen LogP contribution is -2.41. The van der Waals surface area contributed by atoms with E-state index in [9.17, 15) is 9.59 Å². The van der Waals surface area contributed by atoms with Gasteiger partial charge in [-0.15, -0.1) is 0 Å². The number of rotatable bonds is 1. The van der Waals surface area contributed by atoms with Crippen LogP contribution in [0.4, 0.5) is 0 Å². The van der Waals surface area contributed by atoms with E-state index >= 15 is 0 Å². The van der Waals surface area contributed by atoms with Crippen molar-refractivity contribution < 1.29 is 24.2 Å². The van der Waals surface area contributed by atoms with Crippen molar-refractivity contribution in [2.45, 2.75) is 24.5 Å². The first-order chi connectivity index (χ1) is 6.64. The Hall–Kier alpha value is -1.10. The van der Waals surface area contributed by atoms with Crippen LogP contribution in [0.3, 0.4) is 0 Å². The second-order valence-corrected chi connectivity index (χ2v) is 4.21. The SMILES string of the molecule is O=C(O)[C@@H]1[C@H]2CC[C@@]3(COC(=O)[C@@H]13)O2. The van der Waals surface area contributed by atoms with Crippen LogP contribution in [0.1, 0.15) is 12.8 Å². The predicted octanol–water partition coefficient (Wildman–Crippen LogP) is -0.208. The third-order valence-corrected chi connectivity index (χ3v) is 3.56. The molecular weight excluding hydrogens is 188 g/mol. The first-order valence-electron chi connectivity index (χ1n) is 4.71. The van der Waals surface area contributed by atoms with Gasteiger partial charge in [-0.2, -0.15) is 0 Å². The Morgan fingerprint density at radius 2 is 2.36 bits per heavy atom. The number of fused-ring (bicyclic) bond motifs is 1. The van der Waals surface area contributed by atoms with Gasteiger partial charge in [-0.25, -0.2) is 0 Å². The van der Waals surface area contributed by atoms with Crippen molar-refractivity contribution in [2.75, 3.05) is 6.61 Å². The Balaban J connectivity index is 2.03. The summed E-state index contributed by atoms with van der Waals surface area (Å²) < 4.78 is 10.5. The van der Waals surface area contributed by atoms with E-state index in [0.717, 1.165) is 12.8 Å². The summed E-state index contributed by atoms with van der Waals surface area (Å²) in [6, 6.07) is 0. The number of carboxylic acids is 1. The Bertz CT molecular complexity index is 325. The lowest BCUT2D eigenvalue weighted by Gasteiger charge is -2.23. The molecule has 3 rings (SSSR count). The molecular formula is C9H10O5. The van der Waals surface area contributed by atoms with Crippen molar-refractivity contribution >= 4 is 11.9 Å². The molecule has 4 atom stereocenters. The molecule has 0 unspecified atom stereocenters. The summed E-state index contributed by atoms with van der Waals surface area (Å²) in [4.78, 5) is 22.4. The topological polar surface area (TPSA) is 72.8 Å². The molecule has 2 bridgehead atoms. The van der Waals surface area contributed by atoms with E-state index < -0.39 is 29.4 Å². The number of hydrogen-bond acceptors (Lipinski definition) is 4. The largest absolute Gasteiger partial charge is 0.481 e. The number of cyclic esters (lactones) is 1. The highest BCUT2D eigenvalue weighted by Gasteiger charge is 2.68. The van der Waals surface area contributed by atoms with Crippen LogP contribution in [0.25, 0.3) is 0 Å². The molecule has 3 saturated heterocycles. The molecule has 1 spiro atoms. The van der Waals surface area contributed by atoms with Gasteiger partial charge in [-0.3, -0.25) is 9.59 Å². The van der Waals surface area contributed by atoms with Crippen LogP contribution in [-0.2, 0) is 19.1 Å². The van der Waals surface area contributed by atoms with Crippen LogP contribution < -0.4 is 0 Å². The number of esters is 1. The minimum atomic E-state index is -0.944. The van der Waals surface area contributed by atoms with Crippen LogP contribution in [0.5, 0.6) is 0 Å². The molecule has 0 aliphatic carbocycles. The number of hydrogen-bond donors (Lipinski definition) is 1. The average Bonchev–Trinajstić information content (AvgIpc) is 2.75. The highest BCUT2D eigenvalue weighted by Crippen LogP contribution is 2.54. The lowest BCUT2D eigenvalue weighted by molar-refractivity contribution is -0.153. The average molecular weight is 198 g/mol. The molecule has 0 amide bonds. The standard InChI is InChI=1S/C9H10O5/c10-7(11)5-4-1-2-9(14-4)3-13-8(12)6(5)9/h4-6H,1-3H2,(H,10,11)/t4-,5-,6-,9+/m1/s1. The highest BCUT2D eigenvalue weighted by atomic mass is 16.6. The zero-order valence-corrected chi connectivity index (χ0v) is 7.43.